The zero-order chi connectivity index (χ0) is 19.2. The molecule has 2 aromatic carbocycles. The molecule has 2 rings (SSSR count). The molecule has 2 aromatic rings. The first-order valence-corrected chi connectivity index (χ1v) is 10.5. The molecular weight excluding hydrogens is 377 g/mol. The lowest BCUT2D eigenvalue weighted by atomic mass is 10.2. The Balaban J connectivity index is 2.11. The van der Waals surface area contributed by atoms with Crippen LogP contribution in [0.25, 0.3) is 0 Å². The van der Waals surface area contributed by atoms with Gasteiger partial charge < -0.3 is 4.74 Å². The first-order chi connectivity index (χ1) is 12.3. The van der Waals surface area contributed by atoms with Gasteiger partial charge in [-0.05, 0) is 30.2 Å². The van der Waals surface area contributed by atoms with E-state index in [2.05, 4.69) is 4.72 Å². The smallest absolute Gasteiger partial charge is 0.324 e. The molecule has 0 radical (unpaired) electrons. The highest BCUT2D eigenvalue weighted by atomic mass is 32.2. The summed E-state index contributed by atoms with van der Waals surface area (Å²) < 4.78 is 45.6. The van der Waals surface area contributed by atoms with Gasteiger partial charge in [-0.1, -0.05) is 36.4 Å². The average molecular weight is 397 g/mol. The minimum Gasteiger partial charge on any atom is -0.468 e. The molecule has 0 fully saturated rings. The molecule has 1 atom stereocenters. The fourth-order valence-corrected chi connectivity index (χ4v) is 4.82. The number of ether oxygens (including phenoxy) is 1. The van der Waals surface area contributed by atoms with Crippen LogP contribution in [0.4, 0.5) is 4.39 Å². The number of carbonyl (C=O) groups is 1. The minimum atomic E-state index is -4.07. The van der Waals surface area contributed by atoms with E-state index in [0.29, 0.717) is 11.3 Å². The third-order valence-corrected chi connectivity index (χ3v) is 6.34. The second-order valence-electron chi connectivity index (χ2n) is 5.61. The van der Waals surface area contributed by atoms with Crippen LogP contribution >= 0.6 is 11.8 Å². The van der Waals surface area contributed by atoms with Gasteiger partial charge in [0, 0.05) is 11.5 Å². The summed E-state index contributed by atoms with van der Waals surface area (Å²) in [6.07, 6.45) is 0. The zero-order valence-corrected chi connectivity index (χ0v) is 16.1. The molecule has 0 aliphatic carbocycles. The normalized spacial score (nSPS) is 12.6. The van der Waals surface area contributed by atoms with E-state index in [1.54, 1.807) is 6.92 Å². The maximum Gasteiger partial charge on any atom is 0.324 e. The predicted molar refractivity (Wildman–Crippen MR) is 99.9 cm³/mol. The van der Waals surface area contributed by atoms with E-state index in [4.69, 9.17) is 4.74 Å². The number of esters is 1. The topological polar surface area (TPSA) is 72.5 Å². The Morgan fingerprint density at radius 1 is 1.23 bits per heavy atom. The van der Waals surface area contributed by atoms with Crippen molar-refractivity contribution in [1.29, 1.82) is 0 Å². The summed E-state index contributed by atoms with van der Waals surface area (Å²) in [5.74, 6) is -0.545. The van der Waals surface area contributed by atoms with E-state index in [9.17, 15) is 17.6 Å². The van der Waals surface area contributed by atoms with Gasteiger partial charge in [0.05, 0.1) is 12.0 Å². The maximum atomic E-state index is 13.4. The lowest BCUT2D eigenvalue weighted by Gasteiger charge is -2.17. The third kappa shape index (κ3) is 5.55. The summed E-state index contributed by atoms with van der Waals surface area (Å²) in [4.78, 5) is 11.8. The first-order valence-electron chi connectivity index (χ1n) is 7.81. The molecule has 26 heavy (non-hydrogen) atoms. The number of methoxy groups -OCH3 is 1. The molecule has 0 saturated heterocycles. The summed E-state index contributed by atoms with van der Waals surface area (Å²) in [7, 11) is -2.87. The summed E-state index contributed by atoms with van der Waals surface area (Å²) >= 11 is 1.40. The molecule has 0 aliphatic heterocycles. The first kappa shape index (κ1) is 20.4. The predicted octanol–water partition coefficient (Wildman–Crippen LogP) is 2.89. The summed E-state index contributed by atoms with van der Waals surface area (Å²) in [6, 6.07) is 12.0. The number of halogens is 1. The Kier molecular flexibility index (Phi) is 7.19. The number of hydrogen-bond donors (Lipinski definition) is 1. The van der Waals surface area contributed by atoms with Gasteiger partial charge in [-0.15, -0.1) is 0 Å². The average Bonchev–Trinajstić information content (AvgIpc) is 2.63. The lowest BCUT2D eigenvalue weighted by molar-refractivity contribution is -0.141. The lowest BCUT2D eigenvalue weighted by Crippen LogP contribution is -2.43. The van der Waals surface area contributed by atoms with Crippen LogP contribution in [-0.2, 0) is 25.3 Å². The van der Waals surface area contributed by atoms with Crippen LogP contribution in [0.15, 0.2) is 53.4 Å². The van der Waals surface area contributed by atoms with Gasteiger partial charge in [-0.25, -0.2) is 12.8 Å². The number of sulfonamides is 1. The van der Waals surface area contributed by atoms with E-state index in [-0.39, 0.29) is 10.6 Å². The Morgan fingerprint density at radius 3 is 2.58 bits per heavy atom. The second kappa shape index (κ2) is 9.16. The van der Waals surface area contributed by atoms with Crippen LogP contribution in [0.1, 0.15) is 11.1 Å². The molecule has 0 saturated carbocycles. The van der Waals surface area contributed by atoms with Gasteiger partial charge in [0.1, 0.15) is 11.9 Å². The Morgan fingerprint density at radius 2 is 1.92 bits per heavy atom. The molecule has 0 spiro atoms. The molecule has 8 heteroatoms. The molecule has 0 aliphatic rings. The number of rotatable bonds is 8. The number of benzene rings is 2. The van der Waals surface area contributed by atoms with Crippen LogP contribution in [-0.4, -0.2) is 33.3 Å². The van der Waals surface area contributed by atoms with Gasteiger partial charge in [0.25, 0.3) is 0 Å². The molecular formula is C18H20FNO4S2. The monoisotopic (exact) mass is 397 g/mol. The number of carbonyl (C=O) groups excluding carboxylic acids is 1. The molecule has 5 nitrogen and oxygen atoms in total. The standard InChI is InChI=1S/C18H20FNO4S2/c1-13-8-9-15(19)10-17(13)26(22,23)20-16(18(21)24-2)12-25-11-14-6-4-3-5-7-14/h3-10,16,20H,11-12H2,1-2H3/t16-/m0/s1. The van der Waals surface area contributed by atoms with Crippen LogP contribution in [0, 0.1) is 12.7 Å². The summed E-state index contributed by atoms with van der Waals surface area (Å²) in [6.45, 7) is 1.56. The van der Waals surface area contributed by atoms with Crippen molar-refractivity contribution in [3.05, 3.63) is 65.5 Å². The second-order valence-corrected chi connectivity index (χ2v) is 8.32. The number of hydrogen-bond acceptors (Lipinski definition) is 5. The fourth-order valence-electron chi connectivity index (χ4n) is 2.28. The van der Waals surface area contributed by atoms with E-state index in [1.165, 1.54) is 31.0 Å². The van der Waals surface area contributed by atoms with Gasteiger partial charge in [-0.2, -0.15) is 16.5 Å². The van der Waals surface area contributed by atoms with Crippen LogP contribution in [0.3, 0.4) is 0 Å². The molecule has 0 bridgehead atoms. The van der Waals surface area contributed by atoms with Crippen LogP contribution in [0.5, 0.6) is 0 Å². The molecule has 0 heterocycles. The van der Waals surface area contributed by atoms with Crippen molar-refractivity contribution in [2.75, 3.05) is 12.9 Å². The fraction of sp³-hybridized carbons (Fsp3) is 0.278. The van der Waals surface area contributed by atoms with E-state index < -0.39 is 27.9 Å². The Labute approximate surface area is 157 Å². The number of nitrogens with one attached hydrogen (secondary N) is 1. The van der Waals surface area contributed by atoms with Crippen LogP contribution in [0.2, 0.25) is 0 Å². The largest absolute Gasteiger partial charge is 0.468 e. The Hall–Kier alpha value is -1.90. The van der Waals surface area contributed by atoms with Crippen molar-refractivity contribution in [3.8, 4) is 0 Å². The minimum absolute atomic E-state index is 0.190. The number of aryl methyl sites for hydroxylation is 1. The van der Waals surface area contributed by atoms with Crippen molar-refractivity contribution in [2.45, 2.75) is 23.6 Å². The van der Waals surface area contributed by atoms with Gasteiger partial charge in [-0.3, -0.25) is 4.79 Å². The van der Waals surface area contributed by atoms with E-state index in [1.807, 2.05) is 30.3 Å². The summed E-state index contributed by atoms with van der Waals surface area (Å²) in [5, 5.41) is 0. The summed E-state index contributed by atoms with van der Waals surface area (Å²) in [5.41, 5.74) is 1.45. The van der Waals surface area contributed by atoms with Gasteiger partial charge in [0.2, 0.25) is 10.0 Å². The molecule has 0 aromatic heterocycles. The Bertz CT molecular complexity index is 857. The quantitative estimate of drug-likeness (QED) is 0.694. The van der Waals surface area contributed by atoms with Crippen molar-refractivity contribution >= 4 is 27.8 Å². The van der Waals surface area contributed by atoms with Gasteiger partial charge >= 0.3 is 5.97 Å². The highest BCUT2D eigenvalue weighted by molar-refractivity contribution is 7.98. The zero-order valence-electron chi connectivity index (χ0n) is 14.4. The molecule has 0 amide bonds. The maximum absolute atomic E-state index is 13.4. The van der Waals surface area contributed by atoms with Crippen molar-refractivity contribution < 1.29 is 22.3 Å². The van der Waals surface area contributed by atoms with Gasteiger partial charge in [0.15, 0.2) is 0 Å². The van der Waals surface area contributed by atoms with E-state index in [0.717, 1.165) is 11.6 Å². The molecule has 1 N–H and O–H groups in total. The van der Waals surface area contributed by atoms with Crippen molar-refractivity contribution in [3.63, 3.8) is 0 Å². The number of thioether (sulfide) groups is 1. The van der Waals surface area contributed by atoms with Crippen molar-refractivity contribution in [1.82, 2.24) is 4.72 Å². The third-order valence-electron chi connectivity index (χ3n) is 3.62. The molecule has 140 valence electrons. The van der Waals surface area contributed by atoms with Crippen molar-refractivity contribution in [2.24, 2.45) is 0 Å². The highest BCUT2D eigenvalue weighted by Gasteiger charge is 2.27. The SMILES string of the molecule is COC(=O)[C@H](CSCc1ccccc1)NS(=O)(=O)c1cc(F)ccc1C. The molecule has 0 unspecified atom stereocenters. The van der Waals surface area contributed by atoms with Crippen LogP contribution < -0.4 is 4.72 Å². The highest BCUT2D eigenvalue weighted by Crippen LogP contribution is 2.19. The van der Waals surface area contributed by atoms with E-state index >= 15 is 0 Å².